The number of nitrogens with two attached hydrogens (primary N) is 2. The first-order chi connectivity index (χ1) is 12.5. The van der Waals surface area contributed by atoms with E-state index in [1.54, 1.807) is 0 Å². The summed E-state index contributed by atoms with van der Waals surface area (Å²) in [5.74, 6) is 2.18. The Balaban J connectivity index is 1.75. The Morgan fingerprint density at radius 2 is 2.04 bits per heavy atom. The van der Waals surface area contributed by atoms with Crippen molar-refractivity contribution in [3.63, 3.8) is 0 Å². The van der Waals surface area contributed by atoms with Crippen molar-refractivity contribution in [2.45, 2.75) is 32.7 Å². The molecular formula is C19H24N7. The Labute approximate surface area is 152 Å². The summed E-state index contributed by atoms with van der Waals surface area (Å²) in [6.45, 7) is 5.45. The minimum absolute atomic E-state index is 0.287. The molecule has 0 amide bonds. The highest BCUT2D eigenvalue weighted by Gasteiger charge is 2.27. The molecule has 26 heavy (non-hydrogen) atoms. The van der Waals surface area contributed by atoms with Crippen LogP contribution in [0.1, 0.15) is 26.7 Å². The molecule has 3 aromatic rings. The van der Waals surface area contributed by atoms with E-state index < -0.39 is 0 Å². The number of aromatic nitrogens is 4. The SMILES string of the molecule is CC(C)C1[CH]CCCN1c1cc(-c2ccc3c(N)n[nH]c3c2)nc(N)n1. The number of nitrogens with one attached hydrogen (secondary N) is 1. The van der Waals surface area contributed by atoms with Gasteiger partial charge in [-0.15, -0.1) is 0 Å². The van der Waals surface area contributed by atoms with Crippen LogP contribution in [0.5, 0.6) is 0 Å². The zero-order valence-electron chi connectivity index (χ0n) is 15.1. The van der Waals surface area contributed by atoms with Crippen molar-refractivity contribution in [1.29, 1.82) is 0 Å². The van der Waals surface area contributed by atoms with Gasteiger partial charge in [0.25, 0.3) is 0 Å². The molecular weight excluding hydrogens is 326 g/mol. The highest BCUT2D eigenvalue weighted by molar-refractivity contribution is 5.91. The van der Waals surface area contributed by atoms with Crippen LogP contribution in [-0.4, -0.2) is 32.8 Å². The van der Waals surface area contributed by atoms with Crippen LogP contribution in [0.25, 0.3) is 22.2 Å². The molecule has 7 nitrogen and oxygen atoms in total. The van der Waals surface area contributed by atoms with Crippen LogP contribution in [0.2, 0.25) is 0 Å². The third kappa shape index (κ3) is 2.94. The van der Waals surface area contributed by atoms with Crippen LogP contribution in [0, 0.1) is 12.3 Å². The van der Waals surface area contributed by atoms with Gasteiger partial charge in [0.05, 0.1) is 11.2 Å². The largest absolute Gasteiger partial charge is 0.382 e. The van der Waals surface area contributed by atoms with Gasteiger partial charge in [-0.1, -0.05) is 19.9 Å². The van der Waals surface area contributed by atoms with Crippen LogP contribution < -0.4 is 16.4 Å². The standard InChI is InChI=1S/C19H24N7/c1-11(2)16-5-3-4-8-26(16)17-10-14(22-19(21)23-17)12-6-7-13-15(9-12)24-25-18(13)20/h5-7,9-11,16H,3-4,8H2,1-2H3,(H3,20,24,25)(H2,21,22,23). The Morgan fingerprint density at radius 1 is 1.19 bits per heavy atom. The highest BCUT2D eigenvalue weighted by Crippen LogP contribution is 2.31. The fourth-order valence-electron chi connectivity index (χ4n) is 3.67. The van der Waals surface area contributed by atoms with Crippen molar-refractivity contribution in [2.75, 3.05) is 22.9 Å². The number of benzene rings is 1. The molecule has 5 N–H and O–H groups in total. The highest BCUT2D eigenvalue weighted by atomic mass is 15.2. The maximum absolute atomic E-state index is 6.04. The Bertz CT molecular complexity index is 931. The Morgan fingerprint density at radius 3 is 2.85 bits per heavy atom. The van der Waals surface area contributed by atoms with Crippen LogP contribution in [0.3, 0.4) is 0 Å². The Kier molecular flexibility index (Phi) is 4.14. The molecule has 1 saturated heterocycles. The molecule has 1 radical (unpaired) electrons. The minimum Gasteiger partial charge on any atom is -0.382 e. The second-order valence-electron chi connectivity index (χ2n) is 7.14. The second kappa shape index (κ2) is 6.48. The maximum Gasteiger partial charge on any atom is 0.222 e. The van der Waals surface area contributed by atoms with E-state index in [9.17, 15) is 0 Å². The predicted octanol–water partition coefficient (Wildman–Crippen LogP) is 3.01. The number of H-pyrrole nitrogens is 1. The maximum atomic E-state index is 6.04. The van der Waals surface area contributed by atoms with E-state index in [0.717, 1.165) is 47.4 Å². The number of hydrogen-bond donors (Lipinski definition) is 3. The lowest BCUT2D eigenvalue weighted by atomic mass is 9.93. The van der Waals surface area contributed by atoms with Crippen molar-refractivity contribution in [2.24, 2.45) is 5.92 Å². The summed E-state index contributed by atoms with van der Waals surface area (Å²) in [5, 5.41) is 7.90. The summed E-state index contributed by atoms with van der Waals surface area (Å²) < 4.78 is 0. The van der Waals surface area contributed by atoms with Crippen molar-refractivity contribution >= 4 is 28.5 Å². The molecule has 1 aliphatic rings. The van der Waals surface area contributed by atoms with Gasteiger partial charge in [0.1, 0.15) is 5.82 Å². The van der Waals surface area contributed by atoms with Crippen molar-refractivity contribution < 1.29 is 0 Å². The van der Waals surface area contributed by atoms with Gasteiger partial charge >= 0.3 is 0 Å². The lowest BCUT2D eigenvalue weighted by Gasteiger charge is -2.39. The van der Waals surface area contributed by atoms with Crippen molar-refractivity contribution in [3.8, 4) is 11.3 Å². The van der Waals surface area contributed by atoms with E-state index in [2.05, 4.69) is 45.3 Å². The second-order valence-corrected chi connectivity index (χ2v) is 7.14. The van der Waals surface area contributed by atoms with E-state index in [4.69, 9.17) is 11.5 Å². The number of anilines is 3. The molecule has 0 aliphatic carbocycles. The lowest BCUT2D eigenvalue weighted by molar-refractivity contribution is 0.444. The molecule has 1 unspecified atom stereocenters. The monoisotopic (exact) mass is 350 g/mol. The molecule has 1 aliphatic heterocycles. The van der Waals surface area contributed by atoms with Gasteiger partial charge in [-0.3, -0.25) is 5.10 Å². The average molecular weight is 350 g/mol. The average Bonchev–Trinajstić information content (AvgIpc) is 3.01. The van der Waals surface area contributed by atoms with Crippen molar-refractivity contribution in [1.82, 2.24) is 20.2 Å². The third-order valence-corrected chi connectivity index (χ3v) is 4.97. The number of fused-ring (bicyclic) bond motifs is 1. The number of piperidine rings is 1. The van der Waals surface area contributed by atoms with Gasteiger partial charge in [-0.05, 0) is 37.3 Å². The number of nitrogens with zero attached hydrogens (tertiary/aromatic N) is 4. The number of aromatic amines is 1. The van der Waals surface area contributed by atoms with Gasteiger partial charge in [-0.2, -0.15) is 10.1 Å². The molecule has 1 fully saturated rings. The quantitative estimate of drug-likeness (QED) is 0.670. The number of rotatable bonds is 3. The van der Waals surface area contributed by atoms with Gasteiger partial charge in [0.15, 0.2) is 5.82 Å². The van der Waals surface area contributed by atoms with E-state index in [1.165, 1.54) is 0 Å². The van der Waals surface area contributed by atoms with E-state index in [-0.39, 0.29) is 5.95 Å². The van der Waals surface area contributed by atoms with Gasteiger partial charge in [-0.25, -0.2) is 4.98 Å². The lowest BCUT2D eigenvalue weighted by Crippen LogP contribution is -2.43. The Hall–Kier alpha value is -2.83. The summed E-state index contributed by atoms with van der Waals surface area (Å²) in [6.07, 6.45) is 4.65. The van der Waals surface area contributed by atoms with Gasteiger partial charge in [0, 0.05) is 29.6 Å². The van der Waals surface area contributed by atoms with Crippen LogP contribution in [0.4, 0.5) is 17.6 Å². The minimum atomic E-state index is 0.287. The molecule has 135 valence electrons. The topological polar surface area (TPSA) is 110 Å². The fourth-order valence-corrected chi connectivity index (χ4v) is 3.67. The smallest absolute Gasteiger partial charge is 0.222 e. The molecule has 1 atom stereocenters. The summed E-state index contributed by atoms with van der Waals surface area (Å²) in [4.78, 5) is 11.3. The zero-order chi connectivity index (χ0) is 18.3. The van der Waals surface area contributed by atoms with Crippen LogP contribution in [0.15, 0.2) is 24.3 Å². The summed E-state index contributed by atoms with van der Waals surface area (Å²) in [6, 6.07) is 8.31. The van der Waals surface area contributed by atoms with Gasteiger partial charge in [0.2, 0.25) is 5.95 Å². The first kappa shape index (κ1) is 16.6. The number of hydrogen-bond acceptors (Lipinski definition) is 6. The number of nitrogen functional groups attached to an aromatic ring is 2. The first-order valence-electron chi connectivity index (χ1n) is 9.01. The molecule has 2 aromatic heterocycles. The molecule has 7 heteroatoms. The summed E-state index contributed by atoms with van der Waals surface area (Å²) in [7, 11) is 0. The zero-order valence-corrected chi connectivity index (χ0v) is 15.1. The van der Waals surface area contributed by atoms with E-state index in [0.29, 0.717) is 17.8 Å². The van der Waals surface area contributed by atoms with Gasteiger partial charge < -0.3 is 16.4 Å². The molecule has 4 rings (SSSR count). The fraction of sp³-hybridized carbons (Fsp3) is 0.368. The normalized spacial score (nSPS) is 18.0. The summed E-state index contributed by atoms with van der Waals surface area (Å²) >= 11 is 0. The molecule has 0 spiro atoms. The van der Waals surface area contributed by atoms with Crippen molar-refractivity contribution in [3.05, 3.63) is 30.7 Å². The molecule has 1 aromatic carbocycles. The van der Waals surface area contributed by atoms with Crippen LogP contribution >= 0.6 is 0 Å². The van der Waals surface area contributed by atoms with E-state index >= 15 is 0 Å². The first-order valence-corrected chi connectivity index (χ1v) is 9.01. The predicted molar refractivity (Wildman–Crippen MR) is 105 cm³/mol. The molecule has 0 bridgehead atoms. The molecule has 3 heterocycles. The third-order valence-electron chi connectivity index (χ3n) is 4.97. The van der Waals surface area contributed by atoms with Crippen LogP contribution in [-0.2, 0) is 0 Å². The molecule has 0 saturated carbocycles. The summed E-state index contributed by atoms with van der Waals surface area (Å²) in [5.41, 5.74) is 14.5. The van der Waals surface area contributed by atoms with E-state index in [1.807, 2.05) is 24.3 Å².